The summed E-state index contributed by atoms with van der Waals surface area (Å²) in [5, 5.41) is 18.0. The van der Waals surface area contributed by atoms with E-state index in [4.69, 9.17) is 5.26 Å². The second-order valence-corrected chi connectivity index (χ2v) is 3.66. The molecule has 16 heavy (non-hydrogen) atoms. The molecule has 0 heterocycles. The zero-order valence-corrected chi connectivity index (χ0v) is 9.40. The molecule has 4 nitrogen and oxygen atoms in total. The largest absolute Gasteiger partial charge is 0.507 e. The van der Waals surface area contributed by atoms with Gasteiger partial charge < -0.3 is 10.0 Å². The number of carbonyl (C=O) groups excluding carboxylic acids is 1. The van der Waals surface area contributed by atoms with Gasteiger partial charge in [0.15, 0.2) is 0 Å². The number of nitriles is 1. The highest BCUT2D eigenvalue weighted by Gasteiger charge is 2.15. The fraction of sp³-hybridized carbons (Fsp3) is 0.333. The molecule has 0 aliphatic carbocycles. The van der Waals surface area contributed by atoms with Crippen LogP contribution in [0.25, 0.3) is 0 Å². The van der Waals surface area contributed by atoms with Crippen LogP contribution in [0.15, 0.2) is 18.2 Å². The van der Waals surface area contributed by atoms with Gasteiger partial charge in [-0.3, -0.25) is 4.79 Å². The maximum Gasteiger partial charge on any atom is 0.257 e. The molecule has 1 aromatic rings. The minimum Gasteiger partial charge on any atom is -0.507 e. The van der Waals surface area contributed by atoms with Crippen molar-refractivity contribution in [2.75, 3.05) is 13.6 Å². The monoisotopic (exact) mass is 218 g/mol. The number of hydrogen-bond donors (Lipinski definition) is 1. The van der Waals surface area contributed by atoms with Gasteiger partial charge >= 0.3 is 0 Å². The average Bonchev–Trinajstić information content (AvgIpc) is 2.28. The van der Waals surface area contributed by atoms with Crippen molar-refractivity contribution < 1.29 is 9.90 Å². The first-order valence-electron chi connectivity index (χ1n) is 4.98. The van der Waals surface area contributed by atoms with Crippen LogP contribution in [0.5, 0.6) is 5.75 Å². The van der Waals surface area contributed by atoms with Gasteiger partial charge in [0.05, 0.1) is 18.1 Å². The van der Waals surface area contributed by atoms with Gasteiger partial charge in [-0.1, -0.05) is 11.6 Å². The van der Waals surface area contributed by atoms with Crippen molar-refractivity contribution in [3.63, 3.8) is 0 Å². The highest BCUT2D eigenvalue weighted by Crippen LogP contribution is 2.19. The van der Waals surface area contributed by atoms with Crippen molar-refractivity contribution >= 4 is 5.91 Å². The number of benzene rings is 1. The second-order valence-electron chi connectivity index (χ2n) is 3.66. The highest BCUT2D eigenvalue weighted by atomic mass is 16.3. The number of phenolic OH excluding ortho intramolecular Hbond substituents is 1. The lowest BCUT2D eigenvalue weighted by Gasteiger charge is -2.16. The van der Waals surface area contributed by atoms with Gasteiger partial charge in [-0.05, 0) is 19.1 Å². The third-order valence-electron chi connectivity index (χ3n) is 2.29. The molecule has 0 spiro atoms. The summed E-state index contributed by atoms with van der Waals surface area (Å²) < 4.78 is 0. The second kappa shape index (κ2) is 5.17. The lowest BCUT2D eigenvalue weighted by molar-refractivity contribution is 0.0795. The topological polar surface area (TPSA) is 64.3 Å². The fourth-order valence-electron chi connectivity index (χ4n) is 1.35. The molecular weight excluding hydrogens is 204 g/mol. The van der Waals surface area contributed by atoms with E-state index < -0.39 is 0 Å². The number of carbonyl (C=O) groups is 1. The van der Waals surface area contributed by atoms with Crippen LogP contribution in [0.4, 0.5) is 0 Å². The molecular formula is C12H14N2O2. The van der Waals surface area contributed by atoms with Gasteiger partial charge in [-0.2, -0.15) is 5.26 Å². The van der Waals surface area contributed by atoms with Crippen molar-refractivity contribution in [1.29, 1.82) is 5.26 Å². The van der Waals surface area contributed by atoms with Crippen LogP contribution in [0.2, 0.25) is 0 Å². The number of aromatic hydroxyl groups is 1. The third-order valence-corrected chi connectivity index (χ3v) is 2.29. The Morgan fingerprint density at radius 3 is 2.88 bits per heavy atom. The van der Waals surface area contributed by atoms with E-state index in [0.717, 1.165) is 5.56 Å². The predicted molar refractivity (Wildman–Crippen MR) is 60.0 cm³/mol. The lowest BCUT2D eigenvalue weighted by Crippen LogP contribution is -2.27. The average molecular weight is 218 g/mol. The summed E-state index contributed by atoms with van der Waals surface area (Å²) in [6.45, 7) is 2.22. The Kier molecular flexibility index (Phi) is 3.90. The Labute approximate surface area is 94.7 Å². The summed E-state index contributed by atoms with van der Waals surface area (Å²) in [6.07, 6.45) is 0.287. The van der Waals surface area contributed by atoms with Crippen molar-refractivity contribution in [2.24, 2.45) is 0 Å². The molecule has 1 rings (SSSR count). The van der Waals surface area contributed by atoms with Gasteiger partial charge in [0, 0.05) is 13.6 Å². The molecule has 0 aromatic heterocycles. The molecule has 0 unspecified atom stereocenters. The van der Waals surface area contributed by atoms with Crippen LogP contribution >= 0.6 is 0 Å². The maximum absolute atomic E-state index is 11.9. The number of nitrogens with zero attached hydrogens (tertiary/aromatic N) is 2. The predicted octanol–water partition coefficient (Wildman–Crippen LogP) is 1.69. The van der Waals surface area contributed by atoms with Crippen molar-refractivity contribution in [2.45, 2.75) is 13.3 Å². The Hall–Kier alpha value is -2.02. The number of rotatable bonds is 3. The number of hydrogen-bond acceptors (Lipinski definition) is 3. The van der Waals surface area contributed by atoms with Crippen LogP contribution < -0.4 is 0 Å². The zero-order valence-electron chi connectivity index (χ0n) is 9.40. The molecule has 0 atom stereocenters. The Bertz CT molecular complexity index is 435. The number of amides is 1. The minimum atomic E-state index is -0.267. The molecule has 0 fully saturated rings. The summed E-state index contributed by atoms with van der Waals surface area (Å²) >= 11 is 0. The fourth-order valence-corrected chi connectivity index (χ4v) is 1.35. The van der Waals surface area contributed by atoms with Crippen LogP contribution in [0.3, 0.4) is 0 Å². The van der Waals surface area contributed by atoms with Crippen molar-refractivity contribution in [3.05, 3.63) is 29.3 Å². The van der Waals surface area contributed by atoms with Crippen molar-refractivity contribution in [3.8, 4) is 11.8 Å². The molecule has 0 saturated heterocycles. The third kappa shape index (κ3) is 2.74. The summed E-state index contributed by atoms with van der Waals surface area (Å²) in [5.41, 5.74) is 1.19. The zero-order chi connectivity index (χ0) is 12.1. The van der Waals surface area contributed by atoms with E-state index in [0.29, 0.717) is 6.54 Å². The van der Waals surface area contributed by atoms with Gasteiger partial charge in [-0.15, -0.1) is 0 Å². The van der Waals surface area contributed by atoms with Gasteiger partial charge in [-0.25, -0.2) is 0 Å². The first kappa shape index (κ1) is 12.1. The van der Waals surface area contributed by atoms with Crippen LogP contribution in [-0.2, 0) is 0 Å². The van der Waals surface area contributed by atoms with E-state index >= 15 is 0 Å². The molecule has 1 amide bonds. The Balaban J connectivity index is 2.88. The molecule has 1 aromatic carbocycles. The number of aryl methyl sites for hydroxylation is 1. The van der Waals surface area contributed by atoms with E-state index in [1.54, 1.807) is 19.2 Å². The van der Waals surface area contributed by atoms with Crippen LogP contribution in [-0.4, -0.2) is 29.5 Å². The SMILES string of the molecule is Cc1ccc(O)c(C(=O)N(C)CCC#N)c1. The van der Waals surface area contributed by atoms with E-state index in [2.05, 4.69) is 0 Å². The van der Waals surface area contributed by atoms with E-state index in [9.17, 15) is 9.90 Å². The standard InChI is InChI=1S/C12H14N2O2/c1-9-4-5-11(15)10(8-9)12(16)14(2)7-3-6-13/h4-5,8,15H,3,7H2,1-2H3. The molecule has 84 valence electrons. The molecule has 0 bridgehead atoms. The van der Waals surface area contributed by atoms with E-state index in [1.165, 1.54) is 11.0 Å². The molecule has 0 aliphatic heterocycles. The first-order valence-corrected chi connectivity index (χ1v) is 4.98. The summed E-state index contributed by atoms with van der Waals surface area (Å²) in [6, 6.07) is 6.85. The molecule has 0 aliphatic rings. The minimum absolute atomic E-state index is 0.0283. The van der Waals surface area contributed by atoms with E-state index in [1.807, 2.05) is 13.0 Å². The van der Waals surface area contributed by atoms with Crippen molar-refractivity contribution in [1.82, 2.24) is 4.90 Å². The lowest BCUT2D eigenvalue weighted by atomic mass is 10.1. The smallest absolute Gasteiger partial charge is 0.257 e. The highest BCUT2D eigenvalue weighted by molar-refractivity contribution is 5.96. The van der Waals surface area contributed by atoms with E-state index in [-0.39, 0.29) is 23.6 Å². The maximum atomic E-state index is 11.9. The molecule has 0 saturated carbocycles. The first-order chi connectivity index (χ1) is 7.56. The summed E-state index contributed by atoms with van der Waals surface area (Å²) in [4.78, 5) is 13.3. The Morgan fingerprint density at radius 2 is 2.25 bits per heavy atom. The quantitative estimate of drug-likeness (QED) is 0.839. The number of phenols is 1. The van der Waals surface area contributed by atoms with Crippen LogP contribution in [0.1, 0.15) is 22.3 Å². The Morgan fingerprint density at radius 1 is 1.56 bits per heavy atom. The molecule has 1 N–H and O–H groups in total. The summed E-state index contributed by atoms with van der Waals surface area (Å²) in [7, 11) is 1.61. The van der Waals surface area contributed by atoms with Gasteiger partial charge in [0.25, 0.3) is 5.91 Å². The normalized spacial score (nSPS) is 9.56. The van der Waals surface area contributed by atoms with Gasteiger partial charge in [0.2, 0.25) is 0 Å². The van der Waals surface area contributed by atoms with Gasteiger partial charge in [0.1, 0.15) is 5.75 Å². The molecule has 0 radical (unpaired) electrons. The summed E-state index contributed by atoms with van der Waals surface area (Å²) in [5.74, 6) is -0.296. The van der Waals surface area contributed by atoms with Crippen LogP contribution in [0, 0.1) is 18.3 Å². The molecule has 4 heteroatoms.